The zero-order valence-electron chi connectivity index (χ0n) is 24.6. The van der Waals surface area contributed by atoms with E-state index in [4.69, 9.17) is 9.47 Å². The van der Waals surface area contributed by atoms with Crippen LogP contribution < -0.4 is 4.74 Å². The van der Waals surface area contributed by atoms with Crippen LogP contribution in [0.15, 0.2) is 115 Å². The van der Waals surface area contributed by atoms with Gasteiger partial charge in [-0.1, -0.05) is 84.9 Å². The molecule has 4 heteroatoms. The summed E-state index contributed by atoms with van der Waals surface area (Å²) in [6.45, 7) is 8.49. The number of carbonyl (C=O) groups excluding carboxylic acids is 2. The molecule has 42 heavy (non-hydrogen) atoms. The van der Waals surface area contributed by atoms with Crippen molar-refractivity contribution in [3.63, 3.8) is 0 Å². The number of methoxy groups -OCH3 is 1. The fourth-order valence-electron chi connectivity index (χ4n) is 5.27. The first-order valence-corrected chi connectivity index (χ1v) is 14.0. The maximum atomic E-state index is 13.1. The molecular weight excluding hydrogens is 520 g/mol. The van der Waals surface area contributed by atoms with E-state index in [1.807, 2.05) is 43.3 Å². The summed E-state index contributed by atoms with van der Waals surface area (Å²) in [5.74, 6) is -0.266. The first kappa shape index (κ1) is 28.6. The molecule has 0 aromatic heterocycles. The summed E-state index contributed by atoms with van der Waals surface area (Å²) in [4.78, 5) is 24.8. The Morgan fingerprint density at radius 1 is 0.548 bits per heavy atom. The Hall–Kier alpha value is -4.96. The van der Waals surface area contributed by atoms with E-state index in [9.17, 15) is 9.59 Å². The van der Waals surface area contributed by atoms with E-state index >= 15 is 0 Å². The highest BCUT2D eigenvalue weighted by Crippen LogP contribution is 2.41. The Kier molecular flexibility index (Phi) is 8.08. The monoisotopic (exact) mass is 554 g/mol. The van der Waals surface area contributed by atoms with Gasteiger partial charge in [0, 0.05) is 5.41 Å². The molecule has 0 heterocycles. The molecule has 210 valence electrons. The fraction of sp³-hybridized carbons (Fsp3) is 0.158. The molecule has 0 aliphatic rings. The second-order valence-electron chi connectivity index (χ2n) is 10.8. The quantitative estimate of drug-likeness (QED) is 0.115. The summed E-state index contributed by atoms with van der Waals surface area (Å²) >= 11 is 0. The van der Waals surface area contributed by atoms with Crippen LogP contribution in [0.3, 0.4) is 0 Å². The number of aryl methyl sites for hydroxylation is 3. The molecule has 4 nitrogen and oxygen atoms in total. The standard InChI is InChI=1S/C38H34O4/c1-25-11-20-33(23-26(25)2)38(4,32-9-7-6-8-10-32)34-21-22-35(27(3)24-34)42-37(40)31-18-14-29(15-19-31)28-12-16-30(17-13-28)36(39)41-5/h6-24H,1-5H3. The number of benzene rings is 5. The van der Waals surface area contributed by atoms with Gasteiger partial charge in [0.05, 0.1) is 18.2 Å². The smallest absolute Gasteiger partial charge is 0.343 e. The molecule has 1 atom stereocenters. The molecule has 0 saturated heterocycles. The number of carbonyl (C=O) groups is 2. The fourth-order valence-corrected chi connectivity index (χ4v) is 5.27. The zero-order valence-corrected chi connectivity index (χ0v) is 24.6. The predicted molar refractivity (Wildman–Crippen MR) is 167 cm³/mol. The van der Waals surface area contributed by atoms with Gasteiger partial charge in [0.2, 0.25) is 0 Å². The van der Waals surface area contributed by atoms with Gasteiger partial charge < -0.3 is 9.47 Å². The molecule has 1 unspecified atom stereocenters. The SMILES string of the molecule is COC(=O)c1ccc(-c2ccc(C(=O)Oc3ccc(C(C)(c4ccccc4)c4ccc(C)c(C)c4)cc3C)cc2)cc1. The normalized spacial score (nSPS) is 12.3. The van der Waals surface area contributed by atoms with Crippen molar-refractivity contribution >= 4 is 11.9 Å². The Morgan fingerprint density at radius 2 is 1.07 bits per heavy atom. The average Bonchev–Trinajstić information content (AvgIpc) is 3.03. The average molecular weight is 555 g/mol. The predicted octanol–water partition coefficient (Wildman–Crippen LogP) is 8.64. The number of esters is 2. The van der Waals surface area contributed by atoms with Crippen molar-refractivity contribution in [1.29, 1.82) is 0 Å². The third kappa shape index (κ3) is 5.61. The van der Waals surface area contributed by atoms with Crippen molar-refractivity contribution < 1.29 is 19.1 Å². The van der Waals surface area contributed by atoms with Crippen molar-refractivity contribution in [2.45, 2.75) is 33.1 Å². The summed E-state index contributed by atoms with van der Waals surface area (Å²) < 4.78 is 10.6. The summed E-state index contributed by atoms with van der Waals surface area (Å²) in [6.07, 6.45) is 0. The third-order valence-electron chi connectivity index (χ3n) is 8.15. The molecule has 0 aliphatic carbocycles. The lowest BCUT2D eigenvalue weighted by Crippen LogP contribution is -2.25. The summed E-state index contributed by atoms with van der Waals surface area (Å²) in [7, 11) is 1.36. The Labute approximate surface area is 247 Å². The van der Waals surface area contributed by atoms with Gasteiger partial charge in [-0.2, -0.15) is 0 Å². The summed E-state index contributed by atoms with van der Waals surface area (Å²) in [5, 5.41) is 0. The summed E-state index contributed by atoms with van der Waals surface area (Å²) in [6, 6.07) is 37.6. The molecule has 0 aliphatic heterocycles. The van der Waals surface area contributed by atoms with Crippen molar-refractivity contribution in [2.24, 2.45) is 0 Å². The van der Waals surface area contributed by atoms with Gasteiger partial charge >= 0.3 is 11.9 Å². The highest BCUT2D eigenvalue weighted by atomic mass is 16.5. The number of ether oxygens (including phenoxy) is 2. The number of hydrogen-bond donors (Lipinski definition) is 0. The molecule has 0 spiro atoms. The minimum absolute atomic E-state index is 0.377. The van der Waals surface area contributed by atoms with Gasteiger partial charge in [-0.3, -0.25) is 0 Å². The van der Waals surface area contributed by atoms with E-state index in [0.717, 1.165) is 22.3 Å². The maximum absolute atomic E-state index is 13.1. The lowest BCUT2D eigenvalue weighted by Gasteiger charge is -2.33. The molecule has 0 saturated carbocycles. The number of hydrogen-bond acceptors (Lipinski definition) is 4. The van der Waals surface area contributed by atoms with Crippen LogP contribution in [0.1, 0.15) is 61.0 Å². The molecule has 0 fully saturated rings. The van der Waals surface area contributed by atoms with E-state index < -0.39 is 11.4 Å². The van der Waals surface area contributed by atoms with Gasteiger partial charge in [-0.05, 0) is 103 Å². The minimum Gasteiger partial charge on any atom is -0.465 e. The molecular formula is C38H34O4. The van der Waals surface area contributed by atoms with Crippen LogP contribution in [-0.4, -0.2) is 19.0 Å². The third-order valence-corrected chi connectivity index (χ3v) is 8.15. The highest BCUT2D eigenvalue weighted by molar-refractivity contribution is 5.92. The first-order chi connectivity index (χ1) is 20.2. The zero-order chi connectivity index (χ0) is 29.9. The van der Waals surface area contributed by atoms with Crippen LogP contribution in [0.2, 0.25) is 0 Å². The Morgan fingerprint density at radius 3 is 1.60 bits per heavy atom. The van der Waals surface area contributed by atoms with Gasteiger partial charge in [0.1, 0.15) is 5.75 Å². The molecule has 0 N–H and O–H groups in total. The van der Waals surface area contributed by atoms with Crippen LogP contribution in [-0.2, 0) is 10.2 Å². The topological polar surface area (TPSA) is 52.6 Å². The van der Waals surface area contributed by atoms with Crippen LogP contribution >= 0.6 is 0 Å². The van der Waals surface area contributed by atoms with Crippen molar-refractivity contribution in [3.05, 3.63) is 160 Å². The molecule has 5 rings (SSSR count). The lowest BCUT2D eigenvalue weighted by atomic mass is 9.70. The van der Waals surface area contributed by atoms with E-state index in [0.29, 0.717) is 16.9 Å². The number of rotatable bonds is 7. The Balaban J connectivity index is 1.39. The first-order valence-electron chi connectivity index (χ1n) is 14.0. The van der Waals surface area contributed by atoms with Crippen molar-refractivity contribution in [1.82, 2.24) is 0 Å². The molecule has 0 amide bonds. The lowest BCUT2D eigenvalue weighted by molar-refractivity contribution is 0.0600. The van der Waals surface area contributed by atoms with Crippen LogP contribution in [0.25, 0.3) is 11.1 Å². The Bertz CT molecular complexity index is 1740. The minimum atomic E-state index is -0.418. The summed E-state index contributed by atoms with van der Waals surface area (Å²) in [5.41, 5.74) is 9.33. The molecule has 0 radical (unpaired) electrons. The van der Waals surface area contributed by atoms with Gasteiger partial charge in [-0.25, -0.2) is 9.59 Å². The van der Waals surface area contributed by atoms with E-state index in [1.165, 1.54) is 29.4 Å². The second-order valence-corrected chi connectivity index (χ2v) is 10.8. The maximum Gasteiger partial charge on any atom is 0.343 e. The highest BCUT2D eigenvalue weighted by Gasteiger charge is 2.32. The van der Waals surface area contributed by atoms with Crippen LogP contribution in [0.5, 0.6) is 5.75 Å². The van der Waals surface area contributed by atoms with E-state index in [-0.39, 0.29) is 5.97 Å². The molecule has 5 aromatic carbocycles. The van der Waals surface area contributed by atoms with Gasteiger partial charge in [0.15, 0.2) is 0 Å². The second kappa shape index (κ2) is 11.9. The molecule has 0 bridgehead atoms. The molecule has 5 aromatic rings. The largest absolute Gasteiger partial charge is 0.465 e. The van der Waals surface area contributed by atoms with E-state index in [2.05, 4.69) is 75.4 Å². The van der Waals surface area contributed by atoms with Gasteiger partial charge in [0.25, 0.3) is 0 Å². The van der Waals surface area contributed by atoms with Crippen molar-refractivity contribution in [3.8, 4) is 16.9 Å². The van der Waals surface area contributed by atoms with Gasteiger partial charge in [-0.15, -0.1) is 0 Å². The van der Waals surface area contributed by atoms with E-state index in [1.54, 1.807) is 24.3 Å². The van der Waals surface area contributed by atoms with Crippen LogP contribution in [0.4, 0.5) is 0 Å². The van der Waals surface area contributed by atoms with Crippen LogP contribution in [0, 0.1) is 20.8 Å². The van der Waals surface area contributed by atoms with Crippen molar-refractivity contribution in [2.75, 3.05) is 7.11 Å².